The van der Waals surface area contributed by atoms with Crippen LogP contribution in [0.4, 0.5) is 0 Å². The number of carbonyl (C=O) groups excluding carboxylic acids is 2. The lowest BCUT2D eigenvalue weighted by Gasteiger charge is -2.16. The summed E-state index contributed by atoms with van der Waals surface area (Å²) in [4.78, 5) is 215. The van der Waals surface area contributed by atoms with Crippen molar-refractivity contribution in [1.82, 2.24) is 0 Å². The Kier molecular flexibility index (Phi) is 19.0. The fraction of sp³-hybridized carbons (Fsp3) is 0. The maximum atomic E-state index is 12.1. The van der Waals surface area contributed by atoms with Crippen LogP contribution in [0.5, 0.6) is 0 Å². The smallest absolute Gasteiger partial charge is 0.347 e. The normalized spacial score (nSPS) is 9.95. The zero-order chi connectivity index (χ0) is 59.8. The molecule has 17 N–H and O–H groups in total. The molecule has 0 radical (unpaired) electrons. The number of carbonyl (C=O) groups is 19. The molecule has 0 saturated heterocycles. The summed E-state index contributed by atoms with van der Waals surface area (Å²) in [7, 11) is 0. The van der Waals surface area contributed by atoms with Crippen molar-refractivity contribution in [3.05, 3.63) is 113 Å². The van der Waals surface area contributed by atoms with Gasteiger partial charge in [0.15, 0.2) is 0 Å². The fourth-order valence-corrected chi connectivity index (χ4v) is 6.27. The van der Waals surface area contributed by atoms with E-state index < -0.39 is 214 Å². The minimum Gasteiger partial charge on any atom is -0.478 e. The number of rotatable bonds is 19. The second-order valence-corrected chi connectivity index (χ2v) is 12.9. The zero-order valence-corrected chi connectivity index (χ0v) is 35.6. The first-order valence-corrected chi connectivity index (χ1v) is 17.8. The van der Waals surface area contributed by atoms with Gasteiger partial charge in [-0.25, -0.2) is 91.1 Å². The first-order valence-electron chi connectivity index (χ1n) is 17.8. The summed E-state index contributed by atoms with van der Waals surface area (Å²) in [6.45, 7) is 2.93. The molecule has 0 saturated carbocycles. The van der Waals surface area contributed by atoms with E-state index in [0.717, 1.165) is 0 Å². The number of carboxylic acid groups (broad SMARTS) is 17. The third kappa shape index (κ3) is 11.9. The van der Waals surface area contributed by atoms with Crippen LogP contribution in [0.15, 0.2) is 12.7 Å². The molecule has 37 nitrogen and oxygen atoms in total. The van der Waals surface area contributed by atoms with Gasteiger partial charge in [-0.05, 0) is 0 Å². The van der Waals surface area contributed by atoms with Gasteiger partial charge in [0.2, 0.25) is 0 Å². The maximum absolute atomic E-state index is 12.1. The number of benzene rings is 3. The van der Waals surface area contributed by atoms with Gasteiger partial charge in [0, 0.05) is 6.08 Å². The monoisotopic (exact) mass is 1080 g/mol. The predicted molar refractivity (Wildman–Crippen MR) is 218 cm³/mol. The molecule has 0 aromatic heterocycles. The van der Waals surface area contributed by atoms with Crippen molar-refractivity contribution in [2.75, 3.05) is 0 Å². The molecule has 3 rings (SSSR count). The average Bonchev–Trinajstić information content (AvgIpc) is 3.27. The molecule has 398 valence electrons. The van der Waals surface area contributed by atoms with Crippen molar-refractivity contribution in [1.29, 1.82) is 0 Å². The molecule has 0 aliphatic rings. The van der Waals surface area contributed by atoms with Gasteiger partial charge in [0.05, 0.1) is 100 Å². The SMILES string of the molecule is C=CC(=O)OC(=O)c1c(C(=O)O)c(C(=O)O)c(C(=O)O)c(C(=O)O)c1C(=O)O.O=C(O)c1c(C(=O)O)c(C(=O)O)c(C(=O)O)c(C(=O)O)c1C(=O)O.O=C(O)c1c(C(=O)O)c(C(=O)O)c(C(=O)O)c(C(=O)O)c1C(=O)O. The highest BCUT2D eigenvalue weighted by atomic mass is 16.6. The number of aromatic carboxylic acids is 17. The lowest BCUT2D eigenvalue weighted by molar-refractivity contribution is -0.132. The second kappa shape index (κ2) is 23.4. The van der Waals surface area contributed by atoms with Gasteiger partial charge in [-0.1, -0.05) is 6.58 Å². The highest BCUT2D eigenvalue weighted by molar-refractivity contribution is 6.26. The van der Waals surface area contributed by atoms with Crippen LogP contribution in [-0.4, -0.2) is 200 Å². The lowest BCUT2D eigenvalue weighted by Crippen LogP contribution is -2.29. The van der Waals surface area contributed by atoms with E-state index in [1.54, 1.807) is 0 Å². The van der Waals surface area contributed by atoms with Crippen LogP contribution in [0.1, 0.15) is 186 Å². The summed E-state index contributed by atoms with van der Waals surface area (Å²) < 4.78 is 4.08. The third-order valence-corrected chi connectivity index (χ3v) is 8.70. The first kappa shape index (κ1) is 61.5. The Morgan fingerprint density at radius 3 is 0.382 bits per heavy atom. The first-order chi connectivity index (χ1) is 34.7. The summed E-state index contributed by atoms with van der Waals surface area (Å²) in [6, 6.07) is 0. The Labute approximate surface area is 408 Å². The summed E-state index contributed by atoms with van der Waals surface area (Å²) in [5.74, 6) is -42.1. The Balaban J connectivity index is 0.000000572. The highest BCUT2D eigenvalue weighted by Gasteiger charge is 2.44. The molecule has 0 bridgehead atoms. The summed E-state index contributed by atoms with van der Waals surface area (Å²) in [5, 5.41) is 154. The van der Waals surface area contributed by atoms with Gasteiger partial charge in [-0.2, -0.15) is 0 Å². The van der Waals surface area contributed by atoms with E-state index >= 15 is 0 Å². The number of carboxylic acids is 17. The Morgan fingerprint density at radius 2 is 0.303 bits per heavy atom. The molecular weight excluding hydrogens is 1060 g/mol. The van der Waals surface area contributed by atoms with E-state index in [0.29, 0.717) is 6.08 Å². The standard InChI is InChI=1S/C15H8O13.2C12H6O12/c1-2-3(16)28-15(27)9-7(13(23)24)5(11(19)20)4(10(17)18)6(12(21)22)8(9)14(25)26;2*13-7(14)1-2(8(15)16)4(10(19)20)6(12(23)24)5(11(21)22)3(1)9(17)18/h2H,1H2,(H,17,18)(H,19,20)(H,21,22)(H,23,24)(H,25,26);2*(H,13,14)(H,15,16)(H,17,18)(H,19,20)(H,21,22)(H,23,24). The van der Waals surface area contributed by atoms with E-state index in [4.69, 9.17) is 61.3 Å². The van der Waals surface area contributed by atoms with Crippen molar-refractivity contribution in [2.45, 2.75) is 0 Å². The largest absolute Gasteiger partial charge is 0.478 e. The van der Waals surface area contributed by atoms with Gasteiger partial charge >= 0.3 is 113 Å². The van der Waals surface area contributed by atoms with E-state index in [-0.39, 0.29) is 0 Å². The van der Waals surface area contributed by atoms with Crippen LogP contribution in [0.25, 0.3) is 0 Å². The Bertz CT molecular complexity index is 2750. The van der Waals surface area contributed by atoms with E-state index in [9.17, 15) is 117 Å². The number of ether oxygens (including phenoxy) is 1. The number of esters is 2. The molecule has 3 aromatic carbocycles. The van der Waals surface area contributed by atoms with Crippen molar-refractivity contribution in [3.63, 3.8) is 0 Å². The Hall–Kier alpha value is -12.5. The molecular formula is C39H20O37. The van der Waals surface area contributed by atoms with Crippen LogP contribution in [-0.2, 0) is 9.53 Å². The van der Waals surface area contributed by atoms with Gasteiger partial charge in [0.1, 0.15) is 0 Å². The van der Waals surface area contributed by atoms with Crippen LogP contribution >= 0.6 is 0 Å². The van der Waals surface area contributed by atoms with Crippen molar-refractivity contribution < 1.29 is 183 Å². The number of hydrogen-bond acceptors (Lipinski definition) is 20. The van der Waals surface area contributed by atoms with E-state index in [1.807, 2.05) is 0 Å². The molecule has 0 aliphatic heterocycles. The lowest BCUT2D eigenvalue weighted by atomic mass is 9.86. The maximum Gasteiger partial charge on any atom is 0.347 e. The molecule has 0 unspecified atom stereocenters. The Morgan fingerprint density at radius 1 is 0.211 bits per heavy atom. The third-order valence-electron chi connectivity index (χ3n) is 8.70. The summed E-state index contributed by atoms with van der Waals surface area (Å²) >= 11 is 0. The minimum atomic E-state index is -2.29. The van der Waals surface area contributed by atoms with Gasteiger partial charge in [-0.15, -0.1) is 0 Å². The summed E-state index contributed by atoms with van der Waals surface area (Å²) in [6.07, 6.45) is 0.417. The molecule has 0 spiro atoms. The highest BCUT2D eigenvalue weighted by Crippen LogP contribution is 2.33. The van der Waals surface area contributed by atoms with Gasteiger partial charge in [0.25, 0.3) is 0 Å². The second-order valence-electron chi connectivity index (χ2n) is 12.9. The van der Waals surface area contributed by atoms with Crippen molar-refractivity contribution in [3.8, 4) is 0 Å². The average molecular weight is 1080 g/mol. The number of hydrogen-bond donors (Lipinski definition) is 17. The molecule has 0 heterocycles. The molecule has 0 aliphatic carbocycles. The van der Waals surface area contributed by atoms with Crippen LogP contribution in [0, 0.1) is 0 Å². The van der Waals surface area contributed by atoms with Crippen LogP contribution in [0.2, 0.25) is 0 Å². The van der Waals surface area contributed by atoms with Gasteiger partial charge in [-0.3, -0.25) is 0 Å². The molecule has 0 amide bonds. The van der Waals surface area contributed by atoms with E-state index in [1.165, 1.54) is 0 Å². The molecule has 37 heteroatoms. The van der Waals surface area contributed by atoms with Crippen molar-refractivity contribution >= 4 is 113 Å². The topological polar surface area (TPSA) is 677 Å². The van der Waals surface area contributed by atoms with Gasteiger partial charge < -0.3 is 91.5 Å². The van der Waals surface area contributed by atoms with Crippen LogP contribution in [0.3, 0.4) is 0 Å². The molecule has 3 aromatic rings. The summed E-state index contributed by atoms with van der Waals surface area (Å²) in [5.41, 5.74) is -30.0. The molecule has 76 heavy (non-hydrogen) atoms. The zero-order valence-electron chi connectivity index (χ0n) is 35.6. The quantitative estimate of drug-likeness (QED) is 0.0420. The fourth-order valence-electron chi connectivity index (χ4n) is 6.27. The van der Waals surface area contributed by atoms with Crippen molar-refractivity contribution in [2.24, 2.45) is 0 Å². The molecule has 0 fully saturated rings. The van der Waals surface area contributed by atoms with E-state index in [2.05, 4.69) is 11.3 Å². The minimum absolute atomic E-state index is 0.417. The molecule has 0 atom stereocenters. The predicted octanol–water partition coefficient (Wildman–Crippen LogP) is -0.201. The van der Waals surface area contributed by atoms with Crippen LogP contribution < -0.4 is 0 Å².